The Morgan fingerprint density at radius 3 is 2.83 bits per heavy atom. The van der Waals surface area contributed by atoms with Crippen molar-refractivity contribution < 1.29 is 9.47 Å². The van der Waals surface area contributed by atoms with Crippen molar-refractivity contribution >= 4 is 22.7 Å². The van der Waals surface area contributed by atoms with Gasteiger partial charge in [0.25, 0.3) is 0 Å². The smallest absolute Gasteiger partial charge is 0.230 e. The predicted octanol–water partition coefficient (Wildman–Crippen LogP) is 2.83. The molecule has 0 saturated carbocycles. The first-order valence-electron chi connectivity index (χ1n) is 9.86. The summed E-state index contributed by atoms with van der Waals surface area (Å²) in [5.74, 6) is 1.18. The lowest BCUT2D eigenvalue weighted by molar-refractivity contribution is 0.122. The minimum absolute atomic E-state index is 0.385. The summed E-state index contributed by atoms with van der Waals surface area (Å²) in [6.07, 6.45) is 13.8. The van der Waals surface area contributed by atoms with E-state index in [4.69, 9.17) is 19.4 Å². The molecule has 5 rings (SSSR count). The Morgan fingerprint density at radius 1 is 1.10 bits per heavy atom. The molecule has 8 heteroatoms. The third kappa shape index (κ3) is 3.71. The first-order valence-corrected chi connectivity index (χ1v) is 9.86. The van der Waals surface area contributed by atoms with E-state index in [1.54, 1.807) is 18.6 Å². The van der Waals surface area contributed by atoms with Crippen LogP contribution in [0.2, 0.25) is 0 Å². The summed E-state index contributed by atoms with van der Waals surface area (Å²) in [6, 6.07) is 3.88. The predicted molar refractivity (Wildman–Crippen MR) is 110 cm³/mol. The lowest BCUT2D eigenvalue weighted by Gasteiger charge is -2.27. The van der Waals surface area contributed by atoms with E-state index in [1.807, 2.05) is 16.8 Å². The van der Waals surface area contributed by atoms with Gasteiger partial charge in [-0.05, 0) is 25.0 Å². The fourth-order valence-electron chi connectivity index (χ4n) is 3.47. The number of allylic oxidation sites excluding steroid dienone is 4. The Balaban J connectivity index is 1.55. The summed E-state index contributed by atoms with van der Waals surface area (Å²) in [5.41, 5.74) is 2.76. The van der Waals surface area contributed by atoms with Gasteiger partial charge in [-0.25, -0.2) is 4.68 Å². The molecule has 1 aliphatic heterocycles. The number of hydrogen-bond donors (Lipinski definition) is 0. The third-order valence-electron chi connectivity index (χ3n) is 4.99. The van der Waals surface area contributed by atoms with Crippen LogP contribution in [0.1, 0.15) is 18.4 Å². The normalized spacial score (nSPS) is 16.8. The quantitative estimate of drug-likeness (QED) is 0.663. The van der Waals surface area contributed by atoms with Crippen LogP contribution < -0.4 is 9.64 Å². The van der Waals surface area contributed by atoms with Crippen molar-refractivity contribution in [2.45, 2.75) is 19.4 Å². The Kier molecular flexibility index (Phi) is 4.92. The van der Waals surface area contributed by atoms with Crippen molar-refractivity contribution in [3.63, 3.8) is 0 Å². The molecule has 0 unspecified atom stereocenters. The lowest BCUT2D eigenvalue weighted by Crippen LogP contribution is -2.37. The monoisotopic (exact) mass is 390 g/mol. The molecule has 0 atom stereocenters. The summed E-state index contributed by atoms with van der Waals surface area (Å²) in [7, 11) is 0. The second-order valence-corrected chi connectivity index (χ2v) is 6.98. The van der Waals surface area contributed by atoms with E-state index in [9.17, 15) is 0 Å². The number of pyridine rings is 1. The first kappa shape index (κ1) is 17.8. The largest absolute Gasteiger partial charge is 0.472 e. The first-order chi connectivity index (χ1) is 14.4. The summed E-state index contributed by atoms with van der Waals surface area (Å²) < 4.78 is 13.4. The number of fused-ring (bicyclic) bond motifs is 1. The number of anilines is 1. The van der Waals surface area contributed by atoms with Crippen LogP contribution >= 0.6 is 0 Å². The summed E-state index contributed by atoms with van der Waals surface area (Å²) in [5, 5.41) is 5.38. The zero-order valence-corrected chi connectivity index (χ0v) is 16.1. The van der Waals surface area contributed by atoms with Crippen molar-refractivity contribution in [3.05, 3.63) is 54.5 Å². The molecular weight excluding hydrogens is 368 g/mol. The van der Waals surface area contributed by atoms with E-state index in [-0.39, 0.29) is 0 Å². The average molecular weight is 390 g/mol. The number of nitrogens with zero attached hydrogens (tertiary/aromatic N) is 6. The number of ether oxygens (including phenoxy) is 2. The molecule has 1 fully saturated rings. The van der Waals surface area contributed by atoms with Crippen molar-refractivity contribution in [2.75, 3.05) is 31.2 Å². The van der Waals surface area contributed by atoms with E-state index in [0.29, 0.717) is 31.6 Å². The molecule has 3 aromatic heterocycles. The van der Waals surface area contributed by atoms with Crippen molar-refractivity contribution in [2.24, 2.45) is 0 Å². The molecule has 1 aliphatic carbocycles. The minimum Gasteiger partial charge on any atom is -0.472 e. The van der Waals surface area contributed by atoms with Gasteiger partial charge >= 0.3 is 0 Å². The molecule has 0 spiro atoms. The van der Waals surface area contributed by atoms with Crippen LogP contribution in [0, 0.1) is 0 Å². The summed E-state index contributed by atoms with van der Waals surface area (Å²) in [6.45, 7) is 3.23. The van der Waals surface area contributed by atoms with Crippen LogP contribution in [-0.4, -0.2) is 51.0 Å². The number of morpholine rings is 1. The Bertz CT molecular complexity index is 1050. The highest BCUT2D eigenvalue weighted by atomic mass is 16.5. The summed E-state index contributed by atoms with van der Waals surface area (Å²) in [4.78, 5) is 15.8. The topological polar surface area (TPSA) is 78.2 Å². The SMILES string of the molecule is C1=CC(n2ncc3c(OCc4cccnc4)nc(N4CCOCC4)nc32)=CCC1. The molecule has 0 radical (unpaired) electrons. The van der Waals surface area contributed by atoms with Crippen LogP contribution in [0.25, 0.3) is 16.7 Å². The van der Waals surface area contributed by atoms with Gasteiger partial charge in [-0.15, -0.1) is 0 Å². The Labute approximate surface area is 168 Å². The zero-order valence-electron chi connectivity index (χ0n) is 16.1. The fourth-order valence-corrected chi connectivity index (χ4v) is 3.47. The van der Waals surface area contributed by atoms with Gasteiger partial charge in [-0.3, -0.25) is 4.98 Å². The maximum atomic E-state index is 6.10. The molecule has 3 aromatic rings. The van der Waals surface area contributed by atoms with Crippen molar-refractivity contribution in [3.8, 4) is 5.88 Å². The number of rotatable bonds is 5. The molecule has 8 nitrogen and oxygen atoms in total. The van der Waals surface area contributed by atoms with E-state index in [2.05, 4.69) is 33.2 Å². The van der Waals surface area contributed by atoms with Gasteiger partial charge in [0, 0.05) is 31.0 Å². The third-order valence-corrected chi connectivity index (χ3v) is 4.99. The standard InChI is InChI=1S/C21H22N6O2/c1-2-6-17(7-3-1)27-19-18(14-23-27)20(29-15-16-5-4-8-22-13-16)25-21(24-19)26-9-11-28-12-10-26/h2,4-8,13-14H,1,3,9-12,15H2. The van der Waals surface area contributed by atoms with Gasteiger partial charge in [0.1, 0.15) is 12.0 Å². The average Bonchev–Trinajstić information content (AvgIpc) is 3.23. The molecule has 4 heterocycles. The van der Waals surface area contributed by atoms with E-state index in [0.717, 1.165) is 48.2 Å². The van der Waals surface area contributed by atoms with Crippen molar-refractivity contribution in [1.29, 1.82) is 0 Å². The van der Waals surface area contributed by atoms with Gasteiger partial charge in [-0.2, -0.15) is 15.1 Å². The molecule has 148 valence electrons. The lowest BCUT2D eigenvalue weighted by atomic mass is 10.1. The minimum atomic E-state index is 0.385. The molecule has 1 saturated heterocycles. The van der Waals surface area contributed by atoms with Crippen LogP contribution in [0.4, 0.5) is 5.95 Å². The highest BCUT2D eigenvalue weighted by Gasteiger charge is 2.20. The molecule has 2 aliphatic rings. The Hall–Kier alpha value is -3.26. The highest BCUT2D eigenvalue weighted by molar-refractivity contribution is 5.85. The van der Waals surface area contributed by atoms with Gasteiger partial charge in [0.2, 0.25) is 11.8 Å². The maximum absolute atomic E-state index is 6.10. The maximum Gasteiger partial charge on any atom is 0.230 e. The molecule has 0 N–H and O–H groups in total. The van der Waals surface area contributed by atoms with Crippen LogP contribution in [0.3, 0.4) is 0 Å². The van der Waals surface area contributed by atoms with E-state index >= 15 is 0 Å². The molecule has 0 aromatic carbocycles. The van der Waals surface area contributed by atoms with Gasteiger partial charge in [-0.1, -0.05) is 18.2 Å². The molecule has 29 heavy (non-hydrogen) atoms. The highest BCUT2D eigenvalue weighted by Crippen LogP contribution is 2.29. The van der Waals surface area contributed by atoms with Crippen LogP contribution in [0.5, 0.6) is 5.88 Å². The molecule has 0 bridgehead atoms. The van der Waals surface area contributed by atoms with Gasteiger partial charge in [0.15, 0.2) is 5.65 Å². The second kappa shape index (κ2) is 8.00. The second-order valence-electron chi connectivity index (χ2n) is 6.98. The molecule has 0 amide bonds. The number of aromatic nitrogens is 5. The van der Waals surface area contributed by atoms with E-state index < -0.39 is 0 Å². The zero-order chi connectivity index (χ0) is 19.5. The van der Waals surface area contributed by atoms with E-state index in [1.165, 1.54) is 0 Å². The van der Waals surface area contributed by atoms with Crippen LogP contribution in [0.15, 0.2) is 49.0 Å². The van der Waals surface area contributed by atoms with Crippen molar-refractivity contribution in [1.82, 2.24) is 24.7 Å². The molecular formula is C21H22N6O2. The Morgan fingerprint density at radius 2 is 2.03 bits per heavy atom. The fraction of sp³-hybridized carbons (Fsp3) is 0.333. The van der Waals surface area contributed by atoms with Crippen LogP contribution in [-0.2, 0) is 11.3 Å². The summed E-state index contributed by atoms with van der Waals surface area (Å²) >= 11 is 0. The van der Waals surface area contributed by atoms with Gasteiger partial charge < -0.3 is 14.4 Å². The van der Waals surface area contributed by atoms with Gasteiger partial charge in [0.05, 0.1) is 25.1 Å². The number of hydrogen-bond acceptors (Lipinski definition) is 7.